The molecule has 5 aliphatic heterocycles. The van der Waals surface area contributed by atoms with Crippen molar-refractivity contribution in [3.05, 3.63) is 242 Å². The van der Waals surface area contributed by atoms with Gasteiger partial charge in [0.25, 0.3) is 35.4 Å². The summed E-state index contributed by atoms with van der Waals surface area (Å²) in [7, 11) is 12.5. The molecule has 0 spiro atoms. The number of furan rings is 1. The highest BCUT2D eigenvalue weighted by Crippen LogP contribution is 2.40. The van der Waals surface area contributed by atoms with Crippen LogP contribution in [0.25, 0.3) is 89.5 Å². The molecule has 0 aliphatic carbocycles. The highest BCUT2D eigenvalue weighted by molar-refractivity contribution is 6.33. The number of halogens is 4. The van der Waals surface area contributed by atoms with E-state index in [1.807, 2.05) is 159 Å². The number of imidazole rings is 5. The standard InChI is InChI=1S/C24H26N4O4.C23H27N5O2.C21H13ClF3N3O2.C16H18N4O4.C13H16N4O/c1-15-6-8-16(9-7-15)14-19(24(31)32-2)27-21(29)11-10-20-26-18-5-3-4-17-22(18)28(20)13-12-25-23(17)30;1-26(2)12-6-13-27(3)23(30)17-8-4-7-16(15-17)21-25-19-10-5-9-18-20(19)28(21)14-11-24-22(18)29;22-14-5-4-11(21(23,24)25)10-13(14)16-6-7-17(30-16)19-27-15-3-1-2-12-18(15)28(19)9-8-26-20(12)29;1-24-14(22)9-18-13(21)6-5-12-19-11-4-2-3-10-15(11)20(12)8-7-17-16(10)23;1-16(2)8-11-15-10-5-3-4-9-12(10)17(11)7-6-14-13(9)18/h3-9,19H,10-14H2,1-2H3,(H,25,30)(H,27,29);4-5,7-10,15H,6,11-14H2,1-3H3,(H,24,29);1-7,10H,8-9H2,(H,26,29);2-4H,5-9H2,1H3,(H,17,23)(H,18,21);3-5H,6-8H2,1-2H3,(H,14,18). The summed E-state index contributed by atoms with van der Waals surface area (Å²) in [6, 6.07) is 48.4. The van der Waals surface area contributed by atoms with Crippen LogP contribution >= 0.6 is 11.6 Å². The first-order valence-corrected chi connectivity index (χ1v) is 44.1. The van der Waals surface area contributed by atoms with Gasteiger partial charge in [0.15, 0.2) is 11.6 Å². The van der Waals surface area contributed by atoms with Gasteiger partial charge < -0.3 is 88.6 Å². The number of methoxy groups -OCH3 is 2. The van der Waals surface area contributed by atoms with Gasteiger partial charge in [-0.1, -0.05) is 83.9 Å². The number of hydrogen-bond donors (Lipinski definition) is 7. The van der Waals surface area contributed by atoms with Gasteiger partial charge >= 0.3 is 18.1 Å². The molecule has 14 aromatic rings. The van der Waals surface area contributed by atoms with Crippen LogP contribution in [0.3, 0.4) is 0 Å². The molecule has 11 heterocycles. The number of aryl methyl sites for hydroxylation is 3. The summed E-state index contributed by atoms with van der Waals surface area (Å²) in [4.78, 5) is 151. The lowest BCUT2D eigenvalue weighted by Crippen LogP contribution is -2.43. The number of alkyl halides is 3. The second-order valence-corrected chi connectivity index (χ2v) is 33.5. The molecule has 19 rings (SSSR count). The van der Waals surface area contributed by atoms with Crippen molar-refractivity contribution in [2.45, 2.75) is 96.9 Å². The smallest absolute Gasteiger partial charge is 0.416 e. The fourth-order valence-electron chi connectivity index (χ4n) is 16.8. The van der Waals surface area contributed by atoms with E-state index in [0.717, 1.165) is 128 Å². The molecule has 694 valence electrons. The number of carbonyl (C=O) groups is 10. The molecule has 7 N–H and O–H groups in total. The van der Waals surface area contributed by atoms with Crippen molar-refractivity contribution in [2.24, 2.45) is 0 Å². The molecule has 6 aromatic heterocycles. The molecular formula is C97H100ClF3N20O13. The number of benzene rings is 8. The highest BCUT2D eigenvalue weighted by atomic mass is 35.5. The summed E-state index contributed by atoms with van der Waals surface area (Å²) < 4.78 is 64.6. The van der Waals surface area contributed by atoms with Crippen LogP contribution in [0, 0.1) is 6.92 Å². The van der Waals surface area contributed by atoms with Gasteiger partial charge in [0, 0.05) is 128 Å². The molecule has 8 amide bonds. The summed E-state index contributed by atoms with van der Waals surface area (Å²) >= 11 is 6.13. The zero-order valence-electron chi connectivity index (χ0n) is 75.0. The Morgan fingerprint density at radius 1 is 0.485 bits per heavy atom. The van der Waals surface area contributed by atoms with E-state index in [1.54, 1.807) is 53.4 Å². The van der Waals surface area contributed by atoms with Crippen LogP contribution in [0.15, 0.2) is 174 Å². The van der Waals surface area contributed by atoms with E-state index in [9.17, 15) is 61.1 Å². The minimum Gasteiger partial charge on any atom is -0.468 e. The van der Waals surface area contributed by atoms with Crippen molar-refractivity contribution in [3.63, 3.8) is 0 Å². The topological polar surface area (TPSA) is 385 Å². The van der Waals surface area contributed by atoms with E-state index in [-0.39, 0.29) is 83.0 Å². The first kappa shape index (κ1) is 93.8. The van der Waals surface area contributed by atoms with Crippen LogP contribution in [0.1, 0.15) is 116 Å². The molecule has 0 saturated heterocycles. The van der Waals surface area contributed by atoms with Crippen LogP contribution in [0.2, 0.25) is 5.02 Å². The molecule has 1 atom stereocenters. The Morgan fingerprint density at radius 2 is 0.925 bits per heavy atom. The predicted octanol–water partition coefficient (Wildman–Crippen LogP) is 10.6. The molecule has 33 nitrogen and oxygen atoms in total. The molecule has 5 aliphatic rings. The SMILES string of the molecule is CN(C)CCCN(C)C(=O)c1cccc(-c2nc3cccc4c3n2CCNC4=O)c1.CN(C)Cc1nc2cccc3c2n1CCNC3=O.COC(=O)C(Cc1ccc(C)cc1)NC(=O)CCc1nc2cccc3c2n1CCNC3=O.COC(=O)CNC(=O)CCc1nc2cccc3c2n1CCNC3=O.O=C1NCCn2c(-c3ccc(-c4cc(C(F)(F)F)ccc4Cl)o3)nc3cccc1c32. The second-order valence-electron chi connectivity index (χ2n) is 33.1. The number of nitrogens with zero attached hydrogens (tertiary/aromatic N) is 13. The maximum atomic E-state index is 13.1. The monoisotopic (exact) mass is 1840 g/mol. The maximum Gasteiger partial charge on any atom is 0.416 e. The Morgan fingerprint density at radius 3 is 1.40 bits per heavy atom. The van der Waals surface area contributed by atoms with Crippen molar-refractivity contribution in [3.8, 4) is 34.3 Å². The Labute approximate surface area is 772 Å². The van der Waals surface area contributed by atoms with E-state index in [2.05, 4.69) is 80.8 Å². The number of ether oxygens (including phenoxy) is 2. The lowest BCUT2D eigenvalue weighted by molar-refractivity contribution is -0.145. The van der Waals surface area contributed by atoms with Gasteiger partial charge in [-0.3, -0.25) is 43.2 Å². The minimum absolute atomic E-state index is 0.000108. The Kier molecular flexibility index (Phi) is 28.9. The Balaban J connectivity index is 0.000000129. The van der Waals surface area contributed by atoms with Crippen LogP contribution in [-0.2, 0) is 93.4 Å². The van der Waals surface area contributed by atoms with E-state index >= 15 is 0 Å². The number of amides is 8. The van der Waals surface area contributed by atoms with Gasteiger partial charge in [0.2, 0.25) is 11.8 Å². The predicted molar refractivity (Wildman–Crippen MR) is 497 cm³/mol. The molecule has 1 unspecified atom stereocenters. The lowest BCUT2D eigenvalue weighted by Gasteiger charge is -2.19. The summed E-state index contributed by atoms with van der Waals surface area (Å²) in [5.74, 6) is 2.39. The third kappa shape index (κ3) is 21.0. The summed E-state index contributed by atoms with van der Waals surface area (Å²) in [6.45, 7) is 10.00. The third-order valence-electron chi connectivity index (χ3n) is 23.2. The van der Waals surface area contributed by atoms with Crippen molar-refractivity contribution in [1.29, 1.82) is 0 Å². The molecule has 8 aromatic carbocycles. The quantitative estimate of drug-likeness (QED) is 0.0310. The average Bonchev–Trinajstić information content (AvgIpc) is 1.62. The highest BCUT2D eigenvalue weighted by Gasteiger charge is 2.34. The first-order chi connectivity index (χ1) is 64.5. The number of rotatable bonds is 22. The van der Waals surface area contributed by atoms with Crippen molar-refractivity contribution in [2.75, 3.05) is 102 Å². The first-order valence-electron chi connectivity index (χ1n) is 43.7. The summed E-state index contributed by atoms with van der Waals surface area (Å²) in [5, 5.41) is 19.9. The zero-order valence-corrected chi connectivity index (χ0v) is 75.8. The van der Waals surface area contributed by atoms with Crippen molar-refractivity contribution >= 4 is 126 Å². The van der Waals surface area contributed by atoms with E-state index in [1.165, 1.54) is 20.3 Å². The number of para-hydroxylation sites is 5. The minimum atomic E-state index is -4.49. The van der Waals surface area contributed by atoms with Gasteiger partial charge in [0.1, 0.15) is 41.6 Å². The lowest BCUT2D eigenvalue weighted by atomic mass is 10.0. The van der Waals surface area contributed by atoms with Crippen LogP contribution in [-0.4, -0.2) is 230 Å². The Hall–Kier alpha value is -14.9. The molecule has 134 heavy (non-hydrogen) atoms. The normalized spacial score (nSPS) is 13.9. The van der Waals surface area contributed by atoms with Gasteiger partial charge in [-0.05, 0) is 157 Å². The van der Waals surface area contributed by atoms with Gasteiger partial charge in [-0.25, -0.2) is 29.7 Å². The molecule has 0 radical (unpaired) electrons. The van der Waals surface area contributed by atoms with Crippen LogP contribution in [0.4, 0.5) is 13.2 Å². The van der Waals surface area contributed by atoms with Gasteiger partial charge in [-0.15, -0.1) is 0 Å². The zero-order chi connectivity index (χ0) is 94.8. The van der Waals surface area contributed by atoms with Gasteiger partial charge in [-0.2, -0.15) is 13.2 Å². The average molecular weight is 1850 g/mol. The van der Waals surface area contributed by atoms with Gasteiger partial charge in [0.05, 0.1) is 114 Å². The molecule has 0 bridgehead atoms. The van der Waals surface area contributed by atoms with Crippen molar-refractivity contribution < 1.29 is 75.0 Å². The van der Waals surface area contributed by atoms with E-state index < -0.39 is 29.7 Å². The van der Waals surface area contributed by atoms with E-state index in [4.69, 9.17) is 25.7 Å². The number of hydrogen-bond acceptors (Lipinski definition) is 20. The Bertz CT molecular complexity index is 6860. The maximum absolute atomic E-state index is 13.1. The fraction of sp³-hybridized carbons (Fsp3) is 0.309. The van der Waals surface area contributed by atoms with Crippen LogP contribution in [0.5, 0.6) is 0 Å². The van der Waals surface area contributed by atoms with Crippen LogP contribution < -0.4 is 37.2 Å². The molecular weight excluding hydrogens is 1750 g/mol. The summed E-state index contributed by atoms with van der Waals surface area (Å²) in [5.41, 5.74) is 13.9. The number of esters is 2. The second kappa shape index (κ2) is 41.3. The number of aromatic nitrogens is 10. The molecule has 0 saturated carbocycles. The fourth-order valence-corrected chi connectivity index (χ4v) is 17.0. The van der Waals surface area contributed by atoms with Crippen molar-refractivity contribution in [1.82, 2.24) is 99.7 Å². The third-order valence-corrected chi connectivity index (χ3v) is 23.6. The summed E-state index contributed by atoms with van der Waals surface area (Å²) in [6.07, 6.45) is -2.02. The largest absolute Gasteiger partial charge is 0.468 e. The molecule has 0 fully saturated rings. The molecule has 37 heteroatoms. The number of carbonyl (C=O) groups excluding carboxylic acids is 10. The number of nitrogens with one attached hydrogen (secondary N) is 7. The van der Waals surface area contributed by atoms with E-state index in [0.29, 0.717) is 135 Å².